The molecule has 62 valence electrons. The van der Waals surface area contributed by atoms with Crippen LogP contribution in [-0.2, 0) is 0 Å². The fraction of sp³-hybridized carbons (Fsp3) is 0.333. The van der Waals surface area contributed by atoms with E-state index in [0.29, 0.717) is 11.7 Å². The summed E-state index contributed by atoms with van der Waals surface area (Å²) in [4.78, 5) is 22.7. The number of hydrogen-bond donors (Lipinski definition) is 2. The third-order valence-corrected chi connectivity index (χ3v) is 1.65. The molecule has 0 radical (unpaired) electrons. The van der Waals surface area contributed by atoms with Gasteiger partial charge >= 0.3 is 6.03 Å². The first-order chi connectivity index (χ1) is 5.81. The van der Waals surface area contributed by atoms with Crippen molar-refractivity contribution < 1.29 is 4.79 Å². The van der Waals surface area contributed by atoms with Gasteiger partial charge in [0.25, 0.3) is 0 Å². The summed E-state index contributed by atoms with van der Waals surface area (Å²) in [6.45, 7) is 0. The second-order valence-corrected chi connectivity index (χ2v) is 2.37. The van der Waals surface area contributed by atoms with E-state index >= 15 is 0 Å². The van der Waals surface area contributed by atoms with Gasteiger partial charge in [-0.05, 0) is 0 Å². The van der Waals surface area contributed by atoms with Crippen molar-refractivity contribution in [3.63, 3.8) is 0 Å². The second kappa shape index (κ2) is 2.40. The third kappa shape index (κ3) is 0.884. The number of nitrogens with one attached hydrogen (secondary N) is 2. The molecule has 1 saturated heterocycles. The summed E-state index contributed by atoms with van der Waals surface area (Å²) in [7, 11) is 1.60. The summed E-state index contributed by atoms with van der Waals surface area (Å²) >= 11 is 0. The number of nitrogens with zero attached hydrogens (tertiary/aromatic N) is 3. The summed E-state index contributed by atoms with van der Waals surface area (Å²) in [6, 6.07) is -0.552. The number of carbonyl (C=O) groups is 1. The van der Waals surface area contributed by atoms with Crippen molar-refractivity contribution in [2.45, 2.75) is 6.04 Å². The first-order valence-electron chi connectivity index (χ1n) is 3.45. The lowest BCUT2D eigenvalue weighted by Crippen LogP contribution is -2.57. The fourth-order valence-electron chi connectivity index (χ4n) is 1.11. The highest BCUT2D eigenvalue weighted by molar-refractivity contribution is 6.25. The summed E-state index contributed by atoms with van der Waals surface area (Å²) < 4.78 is 0. The molecule has 1 fully saturated rings. The van der Waals surface area contributed by atoms with Crippen LogP contribution in [0.25, 0.3) is 0 Å². The van der Waals surface area contributed by atoms with Gasteiger partial charge in [-0.25, -0.2) is 9.79 Å². The van der Waals surface area contributed by atoms with E-state index in [2.05, 4.69) is 25.6 Å². The van der Waals surface area contributed by atoms with Crippen molar-refractivity contribution in [1.82, 2.24) is 10.6 Å². The molecule has 2 aliphatic heterocycles. The zero-order chi connectivity index (χ0) is 8.55. The number of hydrogen-bond acceptors (Lipinski definition) is 4. The Bertz CT molecular complexity index is 316. The minimum Gasteiger partial charge on any atom is -0.294 e. The molecule has 2 amide bonds. The van der Waals surface area contributed by atoms with Gasteiger partial charge in [0.15, 0.2) is 6.04 Å². The zero-order valence-electron chi connectivity index (χ0n) is 6.40. The predicted molar refractivity (Wildman–Crippen MR) is 44.7 cm³/mol. The largest absolute Gasteiger partial charge is 0.325 e. The average Bonchev–Trinajstić information content (AvgIpc) is 2.50. The molecule has 6 nitrogen and oxygen atoms in total. The van der Waals surface area contributed by atoms with Crippen LogP contribution in [0.5, 0.6) is 0 Å². The molecule has 0 aromatic heterocycles. The minimum absolute atomic E-state index is 0.243. The quantitative estimate of drug-likeness (QED) is 0.481. The van der Waals surface area contributed by atoms with E-state index in [1.807, 2.05) is 0 Å². The first-order valence-corrected chi connectivity index (χ1v) is 3.45. The van der Waals surface area contributed by atoms with Crippen LogP contribution < -0.4 is 10.6 Å². The molecule has 1 unspecified atom stereocenters. The number of urea groups is 1. The van der Waals surface area contributed by atoms with Gasteiger partial charge in [-0.3, -0.25) is 20.6 Å². The van der Waals surface area contributed by atoms with Crippen LogP contribution in [0.3, 0.4) is 0 Å². The maximum absolute atomic E-state index is 10.9. The Morgan fingerprint density at radius 1 is 1.58 bits per heavy atom. The van der Waals surface area contributed by atoms with Gasteiger partial charge in [-0.2, -0.15) is 0 Å². The molecular weight excluding hydrogens is 158 g/mol. The monoisotopic (exact) mass is 165 g/mol. The molecule has 0 aromatic carbocycles. The Kier molecular flexibility index (Phi) is 1.39. The maximum atomic E-state index is 10.9. The summed E-state index contributed by atoms with van der Waals surface area (Å²) in [5.41, 5.74) is 0. The Labute approximate surface area is 68.5 Å². The Morgan fingerprint density at radius 2 is 2.42 bits per heavy atom. The molecule has 1 atom stereocenters. The number of rotatable bonds is 0. The number of amidine groups is 2. The third-order valence-electron chi connectivity index (χ3n) is 1.65. The maximum Gasteiger partial charge on any atom is 0.325 e. The highest BCUT2D eigenvalue weighted by atomic mass is 16.2. The van der Waals surface area contributed by atoms with E-state index in [1.165, 1.54) is 6.34 Å². The van der Waals surface area contributed by atoms with Crippen molar-refractivity contribution in [3.05, 3.63) is 0 Å². The van der Waals surface area contributed by atoms with Gasteiger partial charge in [0, 0.05) is 7.05 Å². The SMILES string of the molecule is CN=C1NC(=O)NC2=NC=NC12. The molecule has 0 spiro atoms. The van der Waals surface area contributed by atoms with E-state index in [0.717, 1.165) is 0 Å². The van der Waals surface area contributed by atoms with Crippen LogP contribution in [0.4, 0.5) is 4.79 Å². The summed E-state index contributed by atoms with van der Waals surface area (Å²) in [6.07, 6.45) is 1.42. The topological polar surface area (TPSA) is 78.2 Å². The van der Waals surface area contributed by atoms with Crippen molar-refractivity contribution in [2.75, 3.05) is 7.05 Å². The number of amides is 2. The van der Waals surface area contributed by atoms with E-state index in [1.54, 1.807) is 7.05 Å². The van der Waals surface area contributed by atoms with Gasteiger partial charge in [0.2, 0.25) is 0 Å². The molecule has 0 aromatic rings. The molecule has 6 heteroatoms. The number of carbonyl (C=O) groups excluding carboxylic acids is 1. The first kappa shape index (κ1) is 6.96. The normalized spacial score (nSPS) is 29.4. The Morgan fingerprint density at radius 3 is 3.17 bits per heavy atom. The van der Waals surface area contributed by atoms with Gasteiger partial charge in [-0.1, -0.05) is 0 Å². The average molecular weight is 165 g/mol. The van der Waals surface area contributed by atoms with Gasteiger partial charge in [0.1, 0.15) is 18.0 Å². The molecule has 2 aliphatic rings. The van der Waals surface area contributed by atoms with Gasteiger partial charge in [-0.15, -0.1) is 0 Å². The molecule has 12 heavy (non-hydrogen) atoms. The fourth-order valence-corrected chi connectivity index (χ4v) is 1.11. The van der Waals surface area contributed by atoms with Crippen LogP contribution in [-0.4, -0.2) is 37.1 Å². The summed E-state index contributed by atoms with van der Waals surface area (Å²) in [5.74, 6) is 1.07. The van der Waals surface area contributed by atoms with Crippen LogP contribution in [0.15, 0.2) is 15.0 Å². The zero-order valence-corrected chi connectivity index (χ0v) is 6.40. The molecule has 0 saturated carbocycles. The standard InChI is InChI=1S/C6H7N5O/c1-7-4-3-5(9-2-8-3)11-6(12)10-4/h2-3H,1H3,(H2,7,8,9,10,11,12). The highest BCUT2D eigenvalue weighted by Crippen LogP contribution is 2.04. The molecule has 0 bridgehead atoms. The molecule has 2 N–H and O–H groups in total. The summed E-state index contributed by atoms with van der Waals surface area (Å²) in [5, 5.41) is 5.08. The van der Waals surface area contributed by atoms with Crippen molar-refractivity contribution in [1.29, 1.82) is 0 Å². The van der Waals surface area contributed by atoms with Crippen LogP contribution in [0.2, 0.25) is 0 Å². The van der Waals surface area contributed by atoms with E-state index in [-0.39, 0.29) is 12.1 Å². The number of aliphatic imine (C=N–C) groups is 3. The number of fused-ring (bicyclic) bond motifs is 1. The van der Waals surface area contributed by atoms with Crippen LogP contribution in [0.1, 0.15) is 0 Å². The van der Waals surface area contributed by atoms with E-state index in [9.17, 15) is 4.79 Å². The van der Waals surface area contributed by atoms with Crippen LogP contribution >= 0.6 is 0 Å². The van der Waals surface area contributed by atoms with E-state index in [4.69, 9.17) is 0 Å². The Balaban J connectivity index is 2.33. The van der Waals surface area contributed by atoms with E-state index < -0.39 is 0 Å². The second-order valence-electron chi connectivity index (χ2n) is 2.37. The molecule has 2 rings (SSSR count). The molecule has 2 heterocycles. The van der Waals surface area contributed by atoms with Gasteiger partial charge < -0.3 is 0 Å². The molecule has 0 aliphatic carbocycles. The van der Waals surface area contributed by atoms with Gasteiger partial charge in [0.05, 0.1) is 0 Å². The van der Waals surface area contributed by atoms with Crippen molar-refractivity contribution in [3.8, 4) is 0 Å². The lowest BCUT2D eigenvalue weighted by atomic mass is 10.2. The van der Waals surface area contributed by atoms with Crippen molar-refractivity contribution in [2.24, 2.45) is 15.0 Å². The van der Waals surface area contributed by atoms with Crippen LogP contribution in [0, 0.1) is 0 Å². The highest BCUT2D eigenvalue weighted by Gasteiger charge is 2.31. The smallest absolute Gasteiger partial charge is 0.294 e. The Hall–Kier alpha value is -1.72. The predicted octanol–water partition coefficient (Wildman–Crippen LogP) is -0.864. The lowest BCUT2D eigenvalue weighted by Gasteiger charge is -2.20. The van der Waals surface area contributed by atoms with Crippen molar-refractivity contribution >= 4 is 24.0 Å². The minimum atomic E-state index is -0.309. The lowest BCUT2D eigenvalue weighted by molar-refractivity contribution is 0.248. The molecular formula is C6H7N5O.